The van der Waals surface area contributed by atoms with E-state index in [2.05, 4.69) is 11.2 Å². The molecule has 1 N–H and O–H groups in total. The minimum Gasteiger partial charge on any atom is -0.444 e. The van der Waals surface area contributed by atoms with Crippen molar-refractivity contribution < 1.29 is 14.3 Å². The van der Waals surface area contributed by atoms with Gasteiger partial charge in [0.05, 0.1) is 0 Å². The molecule has 3 amide bonds. The molecule has 1 aliphatic rings. The summed E-state index contributed by atoms with van der Waals surface area (Å²) in [6.45, 7) is 7.94. The summed E-state index contributed by atoms with van der Waals surface area (Å²) in [5.41, 5.74) is -0.499. The summed E-state index contributed by atoms with van der Waals surface area (Å²) in [6, 6.07) is -0.135. The van der Waals surface area contributed by atoms with Gasteiger partial charge in [-0.2, -0.15) is 0 Å². The number of urea groups is 1. The van der Waals surface area contributed by atoms with Gasteiger partial charge in [-0.05, 0) is 20.8 Å². The summed E-state index contributed by atoms with van der Waals surface area (Å²) in [5, 5.41) is 2.75. The number of hydrogen-bond donors (Lipinski definition) is 1. The largest absolute Gasteiger partial charge is 0.444 e. The third kappa shape index (κ3) is 5.39. The quantitative estimate of drug-likeness (QED) is 0.612. The zero-order valence-corrected chi connectivity index (χ0v) is 12.4. The van der Waals surface area contributed by atoms with Gasteiger partial charge in [0.25, 0.3) is 0 Å². The second-order valence-corrected chi connectivity index (χ2v) is 5.64. The number of amides is 3. The smallest absolute Gasteiger partial charge is 0.410 e. The van der Waals surface area contributed by atoms with Crippen molar-refractivity contribution in [1.29, 1.82) is 0 Å². The molecule has 0 aromatic heterocycles. The van der Waals surface area contributed by atoms with Crippen LogP contribution >= 0.6 is 0 Å². The Kier molecular flexibility index (Phi) is 5.68. The molecule has 0 unspecified atom stereocenters. The van der Waals surface area contributed by atoms with Crippen LogP contribution in [-0.2, 0) is 4.74 Å². The third-order valence-corrected chi connectivity index (χ3v) is 2.76. The van der Waals surface area contributed by atoms with Gasteiger partial charge in [-0.15, -0.1) is 12.3 Å². The number of terminal acetylenes is 1. The first-order valence-electron chi connectivity index (χ1n) is 6.77. The van der Waals surface area contributed by atoms with Crippen molar-refractivity contribution in [2.45, 2.75) is 32.8 Å². The minimum atomic E-state index is -0.499. The fourth-order valence-electron chi connectivity index (χ4n) is 1.77. The summed E-state index contributed by atoms with van der Waals surface area (Å²) in [4.78, 5) is 27.0. The lowest BCUT2D eigenvalue weighted by Crippen LogP contribution is -2.54. The van der Waals surface area contributed by atoms with E-state index in [-0.39, 0.29) is 12.1 Å². The molecule has 0 spiro atoms. The van der Waals surface area contributed by atoms with E-state index < -0.39 is 5.60 Å². The van der Waals surface area contributed by atoms with Crippen LogP contribution in [0.4, 0.5) is 9.59 Å². The molecule has 6 nitrogen and oxygen atoms in total. The first-order chi connectivity index (χ1) is 9.33. The van der Waals surface area contributed by atoms with Gasteiger partial charge in [0, 0.05) is 39.1 Å². The van der Waals surface area contributed by atoms with Crippen molar-refractivity contribution >= 4 is 12.1 Å². The van der Waals surface area contributed by atoms with E-state index in [0.29, 0.717) is 39.1 Å². The van der Waals surface area contributed by atoms with Crippen molar-refractivity contribution in [1.82, 2.24) is 15.1 Å². The molecule has 112 valence electrons. The van der Waals surface area contributed by atoms with E-state index in [1.807, 2.05) is 20.8 Å². The Bertz CT molecular complexity index is 387. The Morgan fingerprint density at radius 1 is 1.20 bits per heavy atom. The van der Waals surface area contributed by atoms with Crippen molar-refractivity contribution in [3.05, 3.63) is 0 Å². The molecule has 0 saturated carbocycles. The molecular weight excluding hydrogens is 258 g/mol. The lowest BCUT2D eigenvalue weighted by atomic mass is 10.2. The highest BCUT2D eigenvalue weighted by Gasteiger charge is 2.27. The predicted molar refractivity (Wildman–Crippen MR) is 76.2 cm³/mol. The number of carbonyl (C=O) groups excluding carboxylic acids is 2. The molecule has 20 heavy (non-hydrogen) atoms. The van der Waals surface area contributed by atoms with Crippen LogP contribution in [0.25, 0.3) is 0 Å². The summed E-state index contributed by atoms with van der Waals surface area (Å²) in [5.74, 6) is 2.47. The number of piperazine rings is 1. The van der Waals surface area contributed by atoms with Crippen molar-refractivity contribution in [3.8, 4) is 12.3 Å². The van der Waals surface area contributed by atoms with E-state index in [4.69, 9.17) is 11.2 Å². The van der Waals surface area contributed by atoms with Crippen LogP contribution in [0.2, 0.25) is 0 Å². The van der Waals surface area contributed by atoms with Crippen LogP contribution in [0.3, 0.4) is 0 Å². The molecule has 1 aliphatic heterocycles. The number of nitrogens with one attached hydrogen (secondary N) is 1. The molecule has 1 heterocycles. The first kappa shape index (κ1) is 16.2. The minimum absolute atomic E-state index is 0.135. The number of hydrogen-bond acceptors (Lipinski definition) is 3. The maximum atomic E-state index is 11.9. The van der Waals surface area contributed by atoms with Crippen LogP contribution in [0.15, 0.2) is 0 Å². The van der Waals surface area contributed by atoms with Crippen LogP contribution in [0.1, 0.15) is 27.2 Å². The van der Waals surface area contributed by atoms with Gasteiger partial charge in [0.2, 0.25) is 0 Å². The second kappa shape index (κ2) is 7.04. The summed E-state index contributed by atoms with van der Waals surface area (Å²) < 4.78 is 5.30. The molecule has 0 aliphatic carbocycles. The molecule has 0 atom stereocenters. The molecule has 0 aromatic carbocycles. The number of carbonyl (C=O) groups is 2. The first-order valence-corrected chi connectivity index (χ1v) is 6.77. The fraction of sp³-hybridized carbons (Fsp3) is 0.714. The van der Waals surface area contributed by atoms with Crippen LogP contribution in [-0.4, -0.2) is 60.2 Å². The molecule has 0 aromatic rings. The van der Waals surface area contributed by atoms with Gasteiger partial charge in [-0.25, -0.2) is 9.59 Å². The second-order valence-electron chi connectivity index (χ2n) is 5.64. The highest BCUT2D eigenvalue weighted by Crippen LogP contribution is 2.11. The normalized spacial score (nSPS) is 15.5. The van der Waals surface area contributed by atoms with E-state index in [1.54, 1.807) is 9.80 Å². The van der Waals surface area contributed by atoms with Gasteiger partial charge >= 0.3 is 12.1 Å². The van der Waals surface area contributed by atoms with E-state index in [9.17, 15) is 9.59 Å². The van der Waals surface area contributed by atoms with E-state index in [1.165, 1.54) is 0 Å². The zero-order valence-electron chi connectivity index (χ0n) is 12.4. The molecule has 0 bridgehead atoms. The van der Waals surface area contributed by atoms with Crippen LogP contribution < -0.4 is 5.32 Å². The Morgan fingerprint density at radius 3 is 2.25 bits per heavy atom. The molecule has 1 saturated heterocycles. The number of ether oxygens (including phenoxy) is 1. The summed E-state index contributed by atoms with van der Waals surface area (Å²) in [7, 11) is 0. The average molecular weight is 281 g/mol. The number of nitrogens with zero attached hydrogens (tertiary/aromatic N) is 2. The Hall–Kier alpha value is -1.90. The maximum Gasteiger partial charge on any atom is 0.410 e. The van der Waals surface area contributed by atoms with Gasteiger partial charge in [-0.1, -0.05) is 0 Å². The third-order valence-electron chi connectivity index (χ3n) is 2.76. The zero-order chi connectivity index (χ0) is 15.2. The van der Waals surface area contributed by atoms with Crippen molar-refractivity contribution in [2.75, 3.05) is 32.7 Å². The van der Waals surface area contributed by atoms with E-state index >= 15 is 0 Å². The molecular formula is C14H23N3O3. The molecule has 1 rings (SSSR count). The topological polar surface area (TPSA) is 61.9 Å². The van der Waals surface area contributed by atoms with Gasteiger partial charge in [0.15, 0.2) is 0 Å². The lowest BCUT2D eigenvalue weighted by Gasteiger charge is -2.35. The monoisotopic (exact) mass is 281 g/mol. The predicted octanol–water partition coefficient (Wildman–Crippen LogP) is 1.27. The van der Waals surface area contributed by atoms with Crippen molar-refractivity contribution in [2.24, 2.45) is 0 Å². The fourth-order valence-corrected chi connectivity index (χ4v) is 1.77. The van der Waals surface area contributed by atoms with Crippen LogP contribution in [0, 0.1) is 12.3 Å². The van der Waals surface area contributed by atoms with Crippen LogP contribution in [0.5, 0.6) is 0 Å². The highest BCUT2D eigenvalue weighted by atomic mass is 16.6. The van der Waals surface area contributed by atoms with E-state index in [0.717, 1.165) is 0 Å². The molecule has 0 radical (unpaired) electrons. The Balaban J connectivity index is 2.34. The highest BCUT2D eigenvalue weighted by molar-refractivity contribution is 5.75. The SMILES string of the molecule is C#CCCNC(=O)N1CCN(C(=O)OC(C)(C)C)CC1. The van der Waals surface area contributed by atoms with Gasteiger partial charge in [-0.3, -0.25) is 0 Å². The summed E-state index contributed by atoms with van der Waals surface area (Å²) >= 11 is 0. The standard InChI is InChI=1S/C14H23N3O3/c1-5-6-7-15-12(18)16-8-10-17(11-9-16)13(19)20-14(2,3)4/h1H,6-11H2,2-4H3,(H,15,18). The van der Waals surface area contributed by atoms with Gasteiger partial charge in [0.1, 0.15) is 5.60 Å². The van der Waals surface area contributed by atoms with Crippen molar-refractivity contribution in [3.63, 3.8) is 0 Å². The summed E-state index contributed by atoms with van der Waals surface area (Å²) in [6.07, 6.45) is 5.31. The Morgan fingerprint density at radius 2 is 1.75 bits per heavy atom. The molecule has 6 heteroatoms. The lowest BCUT2D eigenvalue weighted by molar-refractivity contribution is 0.0170. The average Bonchev–Trinajstić information content (AvgIpc) is 2.37. The number of rotatable bonds is 2. The van der Waals surface area contributed by atoms with Gasteiger partial charge < -0.3 is 19.9 Å². The molecule has 1 fully saturated rings. The Labute approximate surface area is 120 Å². The maximum absolute atomic E-state index is 11.9.